The Labute approximate surface area is 124 Å². The fraction of sp³-hybridized carbons (Fsp3) is 0.429. The van der Waals surface area contributed by atoms with E-state index >= 15 is 0 Å². The predicted octanol–water partition coefficient (Wildman–Crippen LogP) is 3.46. The van der Waals surface area contributed by atoms with Crippen LogP contribution in [0.15, 0.2) is 17.3 Å². The van der Waals surface area contributed by atoms with E-state index in [1.807, 2.05) is 13.8 Å². The van der Waals surface area contributed by atoms with E-state index in [1.54, 1.807) is 4.57 Å². The zero-order valence-electron chi connectivity index (χ0n) is 11.6. The quantitative estimate of drug-likeness (QED) is 0.878. The van der Waals surface area contributed by atoms with Crippen LogP contribution in [-0.2, 0) is 4.79 Å². The average Bonchev–Trinajstić information content (AvgIpc) is 2.87. The second-order valence-electron chi connectivity index (χ2n) is 5.88. The summed E-state index contributed by atoms with van der Waals surface area (Å²) in [6.07, 6.45) is 0.828. The van der Waals surface area contributed by atoms with E-state index in [0.29, 0.717) is 10.7 Å². The SMILES string of the molecule is CC1(C)CC1n1c(SCC(=O)O)nc2ccc(F)c(F)c21. The van der Waals surface area contributed by atoms with Crippen LogP contribution in [0.1, 0.15) is 26.3 Å². The molecule has 1 aliphatic rings. The van der Waals surface area contributed by atoms with Gasteiger partial charge in [-0.2, -0.15) is 0 Å². The number of nitrogens with zero attached hydrogens (tertiary/aromatic N) is 2. The summed E-state index contributed by atoms with van der Waals surface area (Å²) in [5, 5.41) is 9.23. The van der Waals surface area contributed by atoms with Crippen LogP contribution >= 0.6 is 11.8 Å². The minimum atomic E-state index is -0.972. The Bertz CT molecular complexity index is 742. The minimum absolute atomic E-state index is 0.00935. The molecule has 1 aromatic heterocycles. The summed E-state index contributed by atoms with van der Waals surface area (Å²) in [5.74, 6) is -2.98. The normalized spacial score (nSPS) is 19.9. The van der Waals surface area contributed by atoms with Crippen LogP contribution in [0.3, 0.4) is 0 Å². The molecule has 112 valence electrons. The number of thioether (sulfide) groups is 1. The van der Waals surface area contributed by atoms with Crippen molar-refractivity contribution in [2.24, 2.45) is 5.41 Å². The lowest BCUT2D eigenvalue weighted by Crippen LogP contribution is -2.06. The van der Waals surface area contributed by atoms with Crippen LogP contribution in [0.25, 0.3) is 11.0 Å². The number of imidazole rings is 1. The lowest BCUT2D eigenvalue weighted by Gasteiger charge is -2.10. The van der Waals surface area contributed by atoms with Gasteiger partial charge in [0, 0.05) is 6.04 Å². The van der Waals surface area contributed by atoms with Crippen molar-refractivity contribution < 1.29 is 18.7 Å². The van der Waals surface area contributed by atoms with Crippen molar-refractivity contribution in [1.82, 2.24) is 9.55 Å². The first kappa shape index (κ1) is 14.3. The molecule has 1 heterocycles. The molecule has 2 aromatic rings. The van der Waals surface area contributed by atoms with Crippen LogP contribution in [0.4, 0.5) is 8.78 Å². The number of aliphatic carboxylic acids is 1. The van der Waals surface area contributed by atoms with E-state index in [4.69, 9.17) is 5.11 Å². The summed E-state index contributed by atoms with van der Waals surface area (Å²) < 4.78 is 29.3. The molecule has 0 aliphatic heterocycles. The Hall–Kier alpha value is -1.63. The molecule has 0 radical (unpaired) electrons. The van der Waals surface area contributed by atoms with Gasteiger partial charge in [0.1, 0.15) is 5.52 Å². The third-order valence-electron chi connectivity index (χ3n) is 3.81. The molecular weight excluding hydrogens is 298 g/mol. The van der Waals surface area contributed by atoms with Crippen LogP contribution in [0.5, 0.6) is 0 Å². The molecule has 3 rings (SSSR count). The Kier molecular flexibility index (Phi) is 3.20. The summed E-state index contributed by atoms with van der Waals surface area (Å²) in [4.78, 5) is 15.0. The van der Waals surface area contributed by atoms with E-state index in [2.05, 4.69) is 4.98 Å². The summed E-state index contributed by atoms with van der Waals surface area (Å²) >= 11 is 1.03. The van der Waals surface area contributed by atoms with E-state index < -0.39 is 17.6 Å². The molecule has 1 saturated carbocycles. The number of carboxylic acids is 1. The van der Waals surface area contributed by atoms with Gasteiger partial charge in [0.15, 0.2) is 16.8 Å². The third-order valence-corrected chi connectivity index (χ3v) is 4.75. The first-order valence-electron chi connectivity index (χ1n) is 6.52. The molecule has 1 atom stereocenters. The van der Waals surface area contributed by atoms with Crippen LogP contribution < -0.4 is 0 Å². The second-order valence-corrected chi connectivity index (χ2v) is 6.83. The number of carboxylic acid groups (broad SMARTS) is 1. The van der Waals surface area contributed by atoms with Gasteiger partial charge in [-0.05, 0) is 24.0 Å². The van der Waals surface area contributed by atoms with Gasteiger partial charge in [-0.3, -0.25) is 4.79 Å². The molecule has 1 aliphatic carbocycles. The maximum atomic E-state index is 14.1. The third kappa shape index (κ3) is 2.39. The van der Waals surface area contributed by atoms with Gasteiger partial charge in [0.2, 0.25) is 0 Å². The predicted molar refractivity (Wildman–Crippen MR) is 75.4 cm³/mol. The van der Waals surface area contributed by atoms with E-state index in [1.165, 1.54) is 6.07 Å². The van der Waals surface area contributed by atoms with E-state index in [-0.39, 0.29) is 22.7 Å². The second kappa shape index (κ2) is 4.69. The van der Waals surface area contributed by atoms with Crippen molar-refractivity contribution in [3.63, 3.8) is 0 Å². The van der Waals surface area contributed by atoms with Gasteiger partial charge in [-0.1, -0.05) is 25.6 Å². The number of hydrogen-bond acceptors (Lipinski definition) is 3. The zero-order valence-corrected chi connectivity index (χ0v) is 12.4. The molecule has 21 heavy (non-hydrogen) atoms. The van der Waals surface area contributed by atoms with Crippen molar-refractivity contribution in [2.45, 2.75) is 31.5 Å². The number of hydrogen-bond donors (Lipinski definition) is 1. The van der Waals surface area contributed by atoms with Crippen molar-refractivity contribution >= 4 is 28.8 Å². The highest BCUT2D eigenvalue weighted by Crippen LogP contribution is 2.57. The zero-order chi connectivity index (χ0) is 15.4. The average molecular weight is 312 g/mol. The van der Waals surface area contributed by atoms with Crippen LogP contribution in [0, 0.1) is 17.0 Å². The number of halogens is 2. The molecule has 0 amide bonds. The molecule has 1 fully saturated rings. The number of carbonyl (C=O) groups is 1. The number of fused-ring (bicyclic) bond motifs is 1. The first-order chi connectivity index (χ1) is 9.81. The topological polar surface area (TPSA) is 55.1 Å². The van der Waals surface area contributed by atoms with Crippen molar-refractivity contribution in [1.29, 1.82) is 0 Å². The maximum absolute atomic E-state index is 14.1. The number of benzene rings is 1. The summed E-state index contributed by atoms with van der Waals surface area (Å²) in [6.45, 7) is 4.07. The highest BCUT2D eigenvalue weighted by atomic mass is 32.2. The first-order valence-corrected chi connectivity index (χ1v) is 7.50. The lowest BCUT2D eigenvalue weighted by molar-refractivity contribution is -0.133. The molecule has 1 aromatic carbocycles. The fourth-order valence-electron chi connectivity index (χ4n) is 2.50. The lowest BCUT2D eigenvalue weighted by atomic mass is 10.2. The molecule has 4 nitrogen and oxygen atoms in total. The van der Waals surface area contributed by atoms with Gasteiger partial charge in [0.25, 0.3) is 0 Å². The fourth-order valence-corrected chi connectivity index (χ4v) is 3.27. The monoisotopic (exact) mass is 312 g/mol. The highest BCUT2D eigenvalue weighted by molar-refractivity contribution is 7.99. The van der Waals surface area contributed by atoms with Gasteiger partial charge >= 0.3 is 5.97 Å². The summed E-state index contributed by atoms with van der Waals surface area (Å²) in [7, 11) is 0. The number of aromatic nitrogens is 2. The van der Waals surface area contributed by atoms with Crippen LogP contribution in [0.2, 0.25) is 0 Å². The Morgan fingerprint density at radius 2 is 2.19 bits per heavy atom. The van der Waals surface area contributed by atoms with Crippen molar-refractivity contribution in [3.05, 3.63) is 23.8 Å². The smallest absolute Gasteiger partial charge is 0.313 e. The van der Waals surface area contributed by atoms with Gasteiger partial charge in [0.05, 0.1) is 11.3 Å². The molecule has 1 unspecified atom stereocenters. The highest BCUT2D eigenvalue weighted by Gasteiger charge is 2.49. The van der Waals surface area contributed by atoms with Gasteiger partial charge < -0.3 is 9.67 Å². The molecule has 1 N–H and O–H groups in total. The maximum Gasteiger partial charge on any atom is 0.313 e. The van der Waals surface area contributed by atoms with Gasteiger partial charge in [-0.25, -0.2) is 13.8 Å². The Morgan fingerprint density at radius 1 is 1.52 bits per heavy atom. The Morgan fingerprint density at radius 3 is 2.76 bits per heavy atom. The Balaban J connectivity index is 2.15. The minimum Gasteiger partial charge on any atom is -0.481 e. The van der Waals surface area contributed by atoms with Crippen LogP contribution in [-0.4, -0.2) is 26.4 Å². The van der Waals surface area contributed by atoms with Crippen molar-refractivity contribution in [3.8, 4) is 0 Å². The molecule has 7 heteroatoms. The van der Waals surface area contributed by atoms with E-state index in [0.717, 1.165) is 24.2 Å². The molecule has 0 spiro atoms. The number of rotatable bonds is 4. The standard InChI is InChI=1S/C14H14F2N2O2S/c1-14(2)5-9(14)18-12-8(4-3-7(15)11(12)16)17-13(18)21-6-10(19)20/h3-4,9H,5-6H2,1-2H3,(H,19,20). The van der Waals surface area contributed by atoms with Crippen molar-refractivity contribution in [2.75, 3.05) is 5.75 Å². The summed E-state index contributed by atoms with van der Waals surface area (Å²) in [5.41, 5.74) is 0.452. The molecule has 0 bridgehead atoms. The molecular formula is C14H14F2N2O2S. The van der Waals surface area contributed by atoms with E-state index in [9.17, 15) is 13.6 Å². The molecule has 0 saturated heterocycles. The summed E-state index contributed by atoms with van der Waals surface area (Å²) in [6, 6.07) is 2.47. The van der Waals surface area contributed by atoms with Gasteiger partial charge in [-0.15, -0.1) is 0 Å². The largest absolute Gasteiger partial charge is 0.481 e.